The molecule has 39 valence electrons. The molecule has 0 atom stereocenters. The Kier molecular flexibility index (Phi) is 0.498. The monoisotopic (exact) mass is 107 g/mol. The number of nitrogens with one attached hydrogen (secondary N) is 1. The molecule has 1 aliphatic rings. The van der Waals surface area contributed by atoms with Crippen molar-refractivity contribution in [1.82, 2.24) is 10.4 Å². The van der Waals surface area contributed by atoms with E-state index in [2.05, 4.69) is 20.7 Å². The Morgan fingerprint density at radius 3 is 3.00 bits per heavy atom. The Bertz CT molecular complexity index is 224. The molecule has 0 fully saturated rings. The highest BCUT2D eigenvalue weighted by Gasteiger charge is 2.07. The number of fused-ring (bicyclic) bond motifs is 1. The predicted molar refractivity (Wildman–Crippen MR) is 27.1 cm³/mol. The number of aromatic amines is 1. The van der Waals surface area contributed by atoms with Crippen LogP contribution in [0.2, 0.25) is 0 Å². The zero-order valence-corrected chi connectivity index (χ0v) is 4.00. The summed E-state index contributed by atoms with van der Waals surface area (Å²) >= 11 is 0. The van der Waals surface area contributed by atoms with Gasteiger partial charge in [-0.25, -0.2) is 0 Å². The van der Waals surface area contributed by atoms with E-state index in [9.17, 15) is 0 Å². The summed E-state index contributed by atoms with van der Waals surface area (Å²) in [5.41, 5.74) is 5.33. The standard InChI is InChI=1S/C4H3N4/c1-3-4(2-5-1)7-8-6-3/h1-2,5H. The first-order valence-corrected chi connectivity index (χ1v) is 2.25. The second-order valence-electron chi connectivity index (χ2n) is 1.52. The number of hydrogen-bond donors (Lipinski definition) is 1. The molecule has 2 heterocycles. The quantitative estimate of drug-likeness (QED) is 0.519. The molecule has 0 saturated carbocycles. The van der Waals surface area contributed by atoms with Crippen LogP contribution in [0.4, 0.5) is 11.4 Å². The smallest absolute Gasteiger partial charge is 0.132 e. The molecule has 1 N–H and O–H groups in total. The average molecular weight is 107 g/mol. The zero-order valence-electron chi connectivity index (χ0n) is 4.00. The minimum Gasteiger partial charge on any atom is -0.364 e. The van der Waals surface area contributed by atoms with Crippen LogP contribution in [0.1, 0.15) is 0 Å². The van der Waals surface area contributed by atoms with E-state index in [1.165, 1.54) is 0 Å². The molecule has 0 aliphatic carbocycles. The van der Waals surface area contributed by atoms with E-state index in [-0.39, 0.29) is 0 Å². The first kappa shape index (κ1) is 3.65. The average Bonchev–Trinajstić information content (AvgIpc) is 2.15. The summed E-state index contributed by atoms with van der Waals surface area (Å²) < 4.78 is 0. The summed E-state index contributed by atoms with van der Waals surface area (Å²) in [6.45, 7) is 0. The summed E-state index contributed by atoms with van der Waals surface area (Å²) in [6.07, 6.45) is 3.52. The number of rotatable bonds is 0. The van der Waals surface area contributed by atoms with Crippen LogP contribution in [0.25, 0.3) is 0 Å². The number of aromatic nitrogens is 1. The molecule has 1 radical (unpaired) electrons. The van der Waals surface area contributed by atoms with Gasteiger partial charge < -0.3 is 4.98 Å². The maximum Gasteiger partial charge on any atom is 0.132 e. The Hall–Kier alpha value is -1.32. The molecule has 2 rings (SSSR count). The van der Waals surface area contributed by atoms with Gasteiger partial charge in [-0.1, -0.05) is 0 Å². The number of H-pyrrole nitrogens is 1. The van der Waals surface area contributed by atoms with E-state index >= 15 is 0 Å². The van der Waals surface area contributed by atoms with Gasteiger partial charge in [0.2, 0.25) is 0 Å². The molecule has 4 nitrogen and oxygen atoms in total. The molecule has 0 amide bonds. The van der Waals surface area contributed by atoms with Gasteiger partial charge in [0, 0.05) is 12.4 Å². The van der Waals surface area contributed by atoms with Crippen molar-refractivity contribution in [2.45, 2.75) is 0 Å². The van der Waals surface area contributed by atoms with Crippen LogP contribution < -0.4 is 5.43 Å². The van der Waals surface area contributed by atoms with Crippen LogP contribution in [0.5, 0.6) is 0 Å². The fourth-order valence-corrected chi connectivity index (χ4v) is 0.626. The van der Waals surface area contributed by atoms with E-state index in [1.54, 1.807) is 12.4 Å². The lowest BCUT2D eigenvalue weighted by molar-refractivity contribution is 0.917. The summed E-state index contributed by atoms with van der Waals surface area (Å²) in [7, 11) is 0. The van der Waals surface area contributed by atoms with Crippen molar-refractivity contribution < 1.29 is 0 Å². The summed E-state index contributed by atoms with van der Waals surface area (Å²) in [6, 6.07) is 0. The third kappa shape index (κ3) is 0.294. The highest BCUT2D eigenvalue weighted by molar-refractivity contribution is 5.60. The first-order valence-electron chi connectivity index (χ1n) is 2.25. The highest BCUT2D eigenvalue weighted by Crippen LogP contribution is 2.28. The van der Waals surface area contributed by atoms with Gasteiger partial charge in [0.15, 0.2) is 0 Å². The van der Waals surface area contributed by atoms with Gasteiger partial charge in [-0.15, -0.1) is 10.5 Å². The maximum absolute atomic E-state index is 3.69. The molecule has 1 aliphatic heterocycles. The fourth-order valence-electron chi connectivity index (χ4n) is 0.626. The molecule has 1 aromatic heterocycles. The van der Waals surface area contributed by atoms with Crippen LogP contribution in [0.3, 0.4) is 0 Å². The zero-order chi connectivity index (χ0) is 5.40. The Labute approximate surface area is 45.6 Å². The molecule has 1 aromatic rings. The van der Waals surface area contributed by atoms with Gasteiger partial charge in [-0.3, -0.25) is 0 Å². The summed E-state index contributed by atoms with van der Waals surface area (Å²) in [5, 5.41) is 7.13. The summed E-state index contributed by atoms with van der Waals surface area (Å²) in [5.74, 6) is 0. The Morgan fingerprint density at radius 2 is 2.12 bits per heavy atom. The SMILES string of the molecule is c1[nH]cc2c1[N]N=N2. The van der Waals surface area contributed by atoms with Gasteiger partial charge in [-0.2, -0.15) is 0 Å². The molecular weight excluding hydrogens is 104 g/mol. The lowest BCUT2D eigenvalue weighted by Crippen LogP contribution is -1.72. The summed E-state index contributed by atoms with van der Waals surface area (Å²) in [4.78, 5) is 2.85. The Balaban J connectivity index is 2.67. The van der Waals surface area contributed by atoms with Crippen LogP contribution in [-0.2, 0) is 0 Å². The molecule has 4 heteroatoms. The molecule has 8 heavy (non-hydrogen) atoms. The van der Waals surface area contributed by atoms with E-state index in [4.69, 9.17) is 0 Å². The first-order chi connectivity index (χ1) is 3.97. The van der Waals surface area contributed by atoms with Crippen LogP contribution in [0.15, 0.2) is 22.7 Å². The minimum absolute atomic E-state index is 0.824. The van der Waals surface area contributed by atoms with Crippen LogP contribution in [-0.4, -0.2) is 4.98 Å². The van der Waals surface area contributed by atoms with Crippen molar-refractivity contribution in [3.8, 4) is 0 Å². The van der Waals surface area contributed by atoms with Crippen molar-refractivity contribution >= 4 is 11.4 Å². The second kappa shape index (κ2) is 1.09. The molecule has 0 aromatic carbocycles. The Morgan fingerprint density at radius 1 is 1.25 bits per heavy atom. The predicted octanol–water partition coefficient (Wildman–Crippen LogP) is 1.26. The van der Waals surface area contributed by atoms with E-state index in [0.717, 1.165) is 11.4 Å². The lowest BCUT2D eigenvalue weighted by Gasteiger charge is -1.74. The fraction of sp³-hybridized carbons (Fsp3) is 0. The van der Waals surface area contributed by atoms with Crippen molar-refractivity contribution in [3.05, 3.63) is 12.4 Å². The van der Waals surface area contributed by atoms with Gasteiger partial charge in [0.25, 0.3) is 0 Å². The molecule has 0 bridgehead atoms. The molecular formula is C4H3N4. The maximum atomic E-state index is 3.69. The van der Waals surface area contributed by atoms with Crippen LogP contribution in [0, 0.1) is 0 Å². The van der Waals surface area contributed by atoms with Gasteiger partial charge >= 0.3 is 0 Å². The third-order valence-corrected chi connectivity index (χ3v) is 1.01. The number of nitrogens with zero attached hydrogens (tertiary/aromatic N) is 3. The third-order valence-electron chi connectivity index (χ3n) is 1.01. The van der Waals surface area contributed by atoms with Gasteiger partial charge in [-0.05, 0) is 5.22 Å². The minimum atomic E-state index is 0.824. The topological polar surface area (TPSA) is 54.6 Å². The van der Waals surface area contributed by atoms with Crippen molar-refractivity contribution in [3.63, 3.8) is 0 Å². The molecule has 0 unspecified atom stereocenters. The van der Waals surface area contributed by atoms with E-state index in [0.29, 0.717) is 0 Å². The highest BCUT2D eigenvalue weighted by atomic mass is 15.5. The lowest BCUT2D eigenvalue weighted by atomic mass is 10.5. The van der Waals surface area contributed by atoms with E-state index in [1.807, 2.05) is 0 Å². The second-order valence-corrected chi connectivity index (χ2v) is 1.52. The van der Waals surface area contributed by atoms with Gasteiger partial charge in [0.1, 0.15) is 11.4 Å². The molecule has 0 spiro atoms. The largest absolute Gasteiger partial charge is 0.364 e. The van der Waals surface area contributed by atoms with E-state index < -0.39 is 0 Å². The van der Waals surface area contributed by atoms with Crippen molar-refractivity contribution in [2.24, 2.45) is 10.3 Å². The van der Waals surface area contributed by atoms with Gasteiger partial charge in [0.05, 0.1) is 0 Å². The van der Waals surface area contributed by atoms with Crippen molar-refractivity contribution in [1.29, 1.82) is 0 Å². The number of hydrogen-bond acceptors (Lipinski definition) is 2. The van der Waals surface area contributed by atoms with Crippen LogP contribution >= 0.6 is 0 Å². The van der Waals surface area contributed by atoms with Crippen molar-refractivity contribution in [2.75, 3.05) is 0 Å². The normalized spacial score (nSPS) is 13.5. The molecule has 0 saturated heterocycles.